The number of alkyl carbamates (subject to hydrolysis) is 1. The standard InChI is InChI=1S/C43H55N7O6/c1-25(2)37(48-42(53)55-5)38(51)31-11-7-8-12-32(31)39-44-23-35(46-39)29-19-15-27(16-20-29)28-17-21-30(22-18-28)36-24-45-40(47-36)33-13-9-10-14-34(33)41(52)50(26(3)4)49-43(54)56-6/h15-26,31-34,37H,7-14H2,1-6H3,(H,44,46)(H,45,47)(H,48,53)(H,49,54)/t31?,32?,33-,34+,37?/m0/s1. The number of amides is 3. The molecule has 2 aromatic heterocycles. The number of aromatic amines is 2. The first-order chi connectivity index (χ1) is 27.0. The Hall–Kier alpha value is -5.46. The van der Waals surface area contributed by atoms with Crippen molar-refractivity contribution in [1.29, 1.82) is 0 Å². The topological polar surface area (TPSA) is 171 Å². The molecular formula is C43H55N7O6. The van der Waals surface area contributed by atoms with Crippen LogP contribution in [0.5, 0.6) is 0 Å². The highest BCUT2D eigenvalue weighted by Gasteiger charge is 2.40. The number of imidazole rings is 2. The van der Waals surface area contributed by atoms with E-state index in [0.717, 1.165) is 96.7 Å². The second-order valence-electron chi connectivity index (χ2n) is 15.7. The van der Waals surface area contributed by atoms with Crippen molar-refractivity contribution in [1.82, 2.24) is 35.7 Å². The van der Waals surface area contributed by atoms with Crippen LogP contribution >= 0.6 is 0 Å². The number of nitrogens with one attached hydrogen (secondary N) is 4. The SMILES string of the molecule is COC(=O)NC(C(=O)C1CCCCC1c1ncc(-c2ccc(-c3ccc(-c4cnc([C@H]5CCCC[C@H]5C(=O)N(NC(=O)OC)C(C)C)[nH]4)cc3)cc2)[nH]1)C(C)C. The number of Topliss-reactive ketones (excluding diaryl/α,β-unsaturated/α-hetero) is 1. The van der Waals surface area contributed by atoms with Crippen molar-refractivity contribution in [2.75, 3.05) is 14.2 Å². The molecule has 0 saturated heterocycles. The third-order valence-corrected chi connectivity index (χ3v) is 11.4. The molecule has 2 aliphatic carbocycles. The molecule has 0 spiro atoms. The zero-order valence-electron chi connectivity index (χ0n) is 33.3. The summed E-state index contributed by atoms with van der Waals surface area (Å²) in [6.07, 6.45) is 9.51. The number of carbonyl (C=O) groups is 4. The molecule has 13 nitrogen and oxygen atoms in total. The second kappa shape index (κ2) is 18.0. The average Bonchev–Trinajstić information content (AvgIpc) is 3.93. The molecule has 2 saturated carbocycles. The molecule has 0 bridgehead atoms. The van der Waals surface area contributed by atoms with E-state index in [9.17, 15) is 19.2 Å². The summed E-state index contributed by atoms with van der Waals surface area (Å²) >= 11 is 0. The largest absolute Gasteiger partial charge is 0.453 e. The monoisotopic (exact) mass is 765 g/mol. The van der Waals surface area contributed by atoms with E-state index in [0.29, 0.717) is 0 Å². The lowest BCUT2D eigenvalue weighted by atomic mass is 9.73. The molecule has 2 fully saturated rings. The van der Waals surface area contributed by atoms with Gasteiger partial charge in [0.1, 0.15) is 11.6 Å². The molecule has 2 aliphatic rings. The van der Waals surface area contributed by atoms with E-state index in [1.54, 1.807) is 0 Å². The van der Waals surface area contributed by atoms with Crippen molar-refractivity contribution in [3.63, 3.8) is 0 Å². The molecule has 5 atom stereocenters. The van der Waals surface area contributed by atoms with Gasteiger partial charge in [-0.15, -0.1) is 0 Å². The molecule has 2 heterocycles. The minimum absolute atomic E-state index is 0.0331. The predicted octanol–water partition coefficient (Wildman–Crippen LogP) is 8.14. The number of ether oxygens (including phenoxy) is 2. The molecule has 13 heteroatoms. The van der Waals surface area contributed by atoms with Gasteiger partial charge in [-0.05, 0) is 67.7 Å². The van der Waals surface area contributed by atoms with E-state index in [-0.39, 0.29) is 47.3 Å². The predicted molar refractivity (Wildman–Crippen MR) is 213 cm³/mol. The highest BCUT2D eigenvalue weighted by molar-refractivity contribution is 5.90. The van der Waals surface area contributed by atoms with Crippen LogP contribution in [0, 0.1) is 17.8 Å². The van der Waals surface area contributed by atoms with Crippen molar-refractivity contribution in [2.45, 2.75) is 103 Å². The van der Waals surface area contributed by atoms with E-state index in [1.165, 1.54) is 19.2 Å². The summed E-state index contributed by atoms with van der Waals surface area (Å²) in [6.45, 7) is 7.59. The number of methoxy groups -OCH3 is 2. The summed E-state index contributed by atoms with van der Waals surface area (Å²) in [5.41, 5.74) is 8.48. The number of ketones is 1. The molecule has 4 aromatic rings. The first-order valence-electron chi connectivity index (χ1n) is 19.9. The van der Waals surface area contributed by atoms with Crippen LogP contribution in [0.2, 0.25) is 0 Å². The summed E-state index contributed by atoms with van der Waals surface area (Å²) in [5.74, 6) is 0.731. The molecule has 2 aromatic carbocycles. The van der Waals surface area contributed by atoms with Gasteiger partial charge in [-0.3, -0.25) is 9.59 Å². The van der Waals surface area contributed by atoms with Gasteiger partial charge in [-0.25, -0.2) is 30.0 Å². The maximum Gasteiger partial charge on any atom is 0.425 e. The highest BCUT2D eigenvalue weighted by atomic mass is 16.5. The third-order valence-electron chi connectivity index (χ3n) is 11.4. The fraction of sp³-hybridized carbons (Fsp3) is 0.488. The molecule has 0 aliphatic heterocycles. The maximum absolute atomic E-state index is 13.8. The van der Waals surface area contributed by atoms with Gasteiger partial charge in [0.15, 0.2) is 5.78 Å². The number of hydrogen-bond acceptors (Lipinski definition) is 8. The average molecular weight is 766 g/mol. The van der Waals surface area contributed by atoms with Crippen molar-refractivity contribution in [2.24, 2.45) is 17.8 Å². The van der Waals surface area contributed by atoms with E-state index < -0.39 is 18.2 Å². The van der Waals surface area contributed by atoms with Gasteiger partial charge in [0.2, 0.25) is 5.91 Å². The summed E-state index contributed by atoms with van der Waals surface area (Å²) in [7, 11) is 2.59. The summed E-state index contributed by atoms with van der Waals surface area (Å²) in [6, 6.07) is 15.8. The minimum Gasteiger partial charge on any atom is -0.453 e. The van der Waals surface area contributed by atoms with Gasteiger partial charge < -0.3 is 24.8 Å². The Balaban J connectivity index is 1.12. The molecular weight excluding hydrogens is 711 g/mol. The van der Waals surface area contributed by atoms with E-state index in [4.69, 9.17) is 19.4 Å². The Morgan fingerprint density at radius 1 is 0.661 bits per heavy atom. The first kappa shape index (κ1) is 40.2. The molecule has 298 valence electrons. The van der Waals surface area contributed by atoms with Gasteiger partial charge in [0, 0.05) is 29.7 Å². The lowest BCUT2D eigenvalue weighted by Gasteiger charge is -2.35. The van der Waals surface area contributed by atoms with Crippen LogP contribution in [0.15, 0.2) is 60.9 Å². The second-order valence-corrected chi connectivity index (χ2v) is 15.7. The number of aromatic nitrogens is 4. The number of nitrogens with zero attached hydrogens (tertiary/aromatic N) is 3. The summed E-state index contributed by atoms with van der Waals surface area (Å²) in [5, 5.41) is 4.14. The first-order valence-corrected chi connectivity index (χ1v) is 19.9. The Morgan fingerprint density at radius 3 is 1.57 bits per heavy atom. The molecule has 56 heavy (non-hydrogen) atoms. The lowest BCUT2D eigenvalue weighted by Crippen LogP contribution is -2.53. The Labute approximate surface area is 328 Å². The fourth-order valence-electron chi connectivity index (χ4n) is 8.32. The number of H-pyrrole nitrogens is 2. The molecule has 4 N–H and O–H groups in total. The molecule has 6 rings (SSSR count). The number of rotatable bonds is 11. The van der Waals surface area contributed by atoms with Crippen LogP contribution in [0.1, 0.15) is 103 Å². The van der Waals surface area contributed by atoms with Crippen LogP contribution in [0.3, 0.4) is 0 Å². The van der Waals surface area contributed by atoms with Gasteiger partial charge in [-0.1, -0.05) is 88.1 Å². The summed E-state index contributed by atoms with van der Waals surface area (Å²) in [4.78, 5) is 68.0. The van der Waals surface area contributed by atoms with Crippen molar-refractivity contribution in [3.8, 4) is 33.6 Å². The lowest BCUT2D eigenvalue weighted by molar-refractivity contribution is -0.142. The smallest absolute Gasteiger partial charge is 0.425 e. The van der Waals surface area contributed by atoms with Crippen LogP contribution in [0.4, 0.5) is 9.59 Å². The number of hydrazine groups is 1. The van der Waals surface area contributed by atoms with Crippen molar-refractivity contribution < 1.29 is 28.7 Å². The van der Waals surface area contributed by atoms with Crippen molar-refractivity contribution >= 4 is 23.9 Å². The molecule has 3 amide bonds. The van der Waals surface area contributed by atoms with Crippen molar-refractivity contribution in [3.05, 3.63) is 72.6 Å². The maximum atomic E-state index is 13.8. The Morgan fingerprint density at radius 2 is 1.11 bits per heavy atom. The number of benzene rings is 2. The number of hydrogen-bond donors (Lipinski definition) is 4. The quantitative estimate of drug-likeness (QED) is 0.111. The van der Waals surface area contributed by atoms with Gasteiger partial charge in [0.05, 0.1) is 44.0 Å². The Bertz CT molecular complexity index is 1830. The minimum atomic E-state index is -0.668. The normalized spacial score (nSPS) is 20.3. The third kappa shape index (κ3) is 8.98. The summed E-state index contributed by atoms with van der Waals surface area (Å²) < 4.78 is 9.55. The molecule has 3 unspecified atom stereocenters. The Kier molecular flexibility index (Phi) is 12.9. The molecule has 0 radical (unpaired) electrons. The van der Waals surface area contributed by atoms with Crippen LogP contribution in [-0.2, 0) is 19.1 Å². The van der Waals surface area contributed by atoms with Gasteiger partial charge in [-0.2, -0.15) is 0 Å². The zero-order valence-corrected chi connectivity index (χ0v) is 33.3. The van der Waals surface area contributed by atoms with Gasteiger partial charge in [0.25, 0.3) is 0 Å². The van der Waals surface area contributed by atoms with Crippen LogP contribution in [-0.4, -0.2) is 75.1 Å². The van der Waals surface area contributed by atoms with Crippen LogP contribution in [0.25, 0.3) is 33.6 Å². The van der Waals surface area contributed by atoms with E-state index in [2.05, 4.69) is 69.2 Å². The zero-order chi connectivity index (χ0) is 39.9. The van der Waals surface area contributed by atoms with Gasteiger partial charge >= 0.3 is 12.2 Å². The fourth-order valence-corrected chi connectivity index (χ4v) is 8.32. The number of carbonyl (C=O) groups excluding carboxylic acids is 4. The van der Waals surface area contributed by atoms with E-state index >= 15 is 0 Å². The highest BCUT2D eigenvalue weighted by Crippen LogP contribution is 2.40. The van der Waals surface area contributed by atoms with E-state index in [1.807, 2.05) is 40.1 Å². The van der Waals surface area contributed by atoms with Crippen LogP contribution < -0.4 is 10.7 Å².